The van der Waals surface area contributed by atoms with Crippen LogP contribution in [0.1, 0.15) is 22.3 Å². The number of hydrogen-bond donors (Lipinski definition) is 1. The van der Waals surface area contributed by atoms with Crippen molar-refractivity contribution in [3.63, 3.8) is 0 Å². The molecule has 1 N–H and O–H groups in total. The normalized spacial score (nSPS) is 24.4. The molecule has 2 aliphatic heterocycles. The van der Waals surface area contributed by atoms with Gasteiger partial charge in [0.25, 0.3) is 5.91 Å². The fourth-order valence-corrected chi connectivity index (χ4v) is 3.45. The third-order valence-corrected chi connectivity index (χ3v) is 4.50. The molecule has 2 aromatic heterocycles. The van der Waals surface area contributed by atoms with Crippen LogP contribution in [0.2, 0.25) is 0 Å². The molecular weight excluding hydrogens is 268 g/mol. The van der Waals surface area contributed by atoms with Crippen molar-refractivity contribution in [1.82, 2.24) is 19.8 Å². The molecule has 2 aliphatic rings. The SMILES string of the molecule is Cc1cccn2ncc(C(=O)N3C[C@@H]4CC(=O)N[C@@H]4C3)c12. The number of nitrogens with one attached hydrogen (secondary N) is 1. The second kappa shape index (κ2) is 4.31. The van der Waals surface area contributed by atoms with Crippen molar-refractivity contribution in [2.45, 2.75) is 19.4 Å². The Labute approximate surface area is 121 Å². The number of amides is 2. The molecule has 6 nitrogen and oxygen atoms in total. The lowest BCUT2D eigenvalue weighted by Crippen LogP contribution is -2.35. The maximum atomic E-state index is 12.7. The van der Waals surface area contributed by atoms with E-state index in [1.165, 1.54) is 0 Å². The predicted octanol–water partition coefficient (Wildman–Crippen LogP) is 0.603. The van der Waals surface area contributed by atoms with Gasteiger partial charge < -0.3 is 10.2 Å². The van der Waals surface area contributed by atoms with Gasteiger partial charge in [-0.2, -0.15) is 5.10 Å². The van der Waals surface area contributed by atoms with E-state index in [1.54, 1.807) is 10.7 Å². The van der Waals surface area contributed by atoms with E-state index in [-0.39, 0.29) is 23.8 Å². The van der Waals surface area contributed by atoms with E-state index in [0.717, 1.165) is 11.1 Å². The van der Waals surface area contributed by atoms with Gasteiger partial charge >= 0.3 is 0 Å². The Balaban J connectivity index is 1.65. The monoisotopic (exact) mass is 284 g/mol. The number of rotatable bonds is 1. The van der Waals surface area contributed by atoms with Crippen LogP contribution < -0.4 is 5.32 Å². The Morgan fingerprint density at radius 3 is 3.10 bits per heavy atom. The minimum atomic E-state index is 0.00273. The topological polar surface area (TPSA) is 66.7 Å². The molecule has 21 heavy (non-hydrogen) atoms. The number of aromatic nitrogens is 2. The third kappa shape index (κ3) is 1.82. The predicted molar refractivity (Wildman–Crippen MR) is 75.9 cm³/mol. The standard InChI is InChI=1S/C15H16N4O2/c1-9-3-2-4-19-14(9)11(6-16-19)15(21)18-7-10-5-13(20)17-12(10)8-18/h2-4,6,10,12H,5,7-8H2,1H3,(H,17,20)/t10-,12+/m0/s1. The number of fused-ring (bicyclic) bond motifs is 2. The van der Waals surface area contributed by atoms with Crippen LogP contribution in [0.5, 0.6) is 0 Å². The van der Waals surface area contributed by atoms with Gasteiger partial charge in [0.05, 0.1) is 23.3 Å². The number of nitrogens with zero attached hydrogens (tertiary/aromatic N) is 3. The lowest BCUT2D eigenvalue weighted by molar-refractivity contribution is -0.119. The molecule has 2 amide bonds. The number of aryl methyl sites for hydroxylation is 1. The molecular formula is C15H16N4O2. The molecule has 0 aliphatic carbocycles. The summed E-state index contributed by atoms with van der Waals surface area (Å²) in [4.78, 5) is 25.9. The van der Waals surface area contributed by atoms with Gasteiger partial charge in [-0.25, -0.2) is 4.52 Å². The number of likely N-dealkylation sites (tertiary alicyclic amines) is 1. The highest BCUT2D eigenvalue weighted by molar-refractivity contribution is 6.01. The van der Waals surface area contributed by atoms with Gasteiger partial charge in [-0.05, 0) is 18.6 Å². The maximum Gasteiger partial charge on any atom is 0.257 e. The molecule has 4 rings (SSSR count). The summed E-state index contributed by atoms with van der Waals surface area (Å²) >= 11 is 0. The highest BCUT2D eigenvalue weighted by Gasteiger charge is 2.42. The first-order valence-electron chi connectivity index (χ1n) is 7.15. The summed E-state index contributed by atoms with van der Waals surface area (Å²) in [6, 6.07) is 4.01. The number of carbonyl (C=O) groups excluding carboxylic acids is 2. The second-order valence-corrected chi connectivity index (χ2v) is 5.89. The van der Waals surface area contributed by atoms with E-state index in [0.29, 0.717) is 25.1 Å². The highest BCUT2D eigenvalue weighted by atomic mass is 16.2. The Morgan fingerprint density at radius 1 is 1.43 bits per heavy atom. The molecule has 0 saturated carbocycles. The molecule has 2 aromatic rings. The van der Waals surface area contributed by atoms with Crippen LogP contribution in [0.25, 0.3) is 5.52 Å². The van der Waals surface area contributed by atoms with Crippen LogP contribution in [0.3, 0.4) is 0 Å². The fraction of sp³-hybridized carbons (Fsp3) is 0.400. The fourth-order valence-electron chi connectivity index (χ4n) is 3.45. The van der Waals surface area contributed by atoms with Crippen molar-refractivity contribution in [3.8, 4) is 0 Å². The van der Waals surface area contributed by atoms with E-state index in [2.05, 4.69) is 10.4 Å². The molecule has 108 valence electrons. The van der Waals surface area contributed by atoms with Crippen molar-refractivity contribution in [2.75, 3.05) is 13.1 Å². The zero-order valence-corrected chi connectivity index (χ0v) is 11.7. The van der Waals surface area contributed by atoms with Gasteiger partial charge in [-0.3, -0.25) is 9.59 Å². The van der Waals surface area contributed by atoms with Crippen LogP contribution >= 0.6 is 0 Å². The van der Waals surface area contributed by atoms with Crippen LogP contribution in [-0.4, -0.2) is 45.5 Å². The lowest BCUT2D eigenvalue weighted by atomic mass is 10.1. The van der Waals surface area contributed by atoms with Gasteiger partial charge in [0, 0.05) is 31.6 Å². The van der Waals surface area contributed by atoms with Crippen LogP contribution in [-0.2, 0) is 4.79 Å². The molecule has 4 heterocycles. The molecule has 0 aromatic carbocycles. The van der Waals surface area contributed by atoms with Crippen molar-refractivity contribution in [2.24, 2.45) is 5.92 Å². The van der Waals surface area contributed by atoms with Crippen LogP contribution in [0.4, 0.5) is 0 Å². The van der Waals surface area contributed by atoms with Gasteiger partial charge in [0.15, 0.2) is 0 Å². The summed E-state index contributed by atoms with van der Waals surface area (Å²) in [7, 11) is 0. The van der Waals surface area contributed by atoms with Gasteiger partial charge in [0.2, 0.25) is 5.91 Å². The van der Waals surface area contributed by atoms with Crippen molar-refractivity contribution >= 4 is 17.3 Å². The van der Waals surface area contributed by atoms with Crippen molar-refractivity contribution < 1.29 is 9.59 Å². The summed E-state index contributed by atoms with van der Waals surface area (Å²) in [5.41, 5.74) is 2.54. The summed E-state index contributed by atoms with van der Waals surface area (Å²) in [5, 5.41) is 7.20. The minimum absolute atomic E-state index is 0.00273. The smallest absolute Gasteiger partial charge is 0.257 e. The lowest BCUT2D eigenvalue weighted by Gasteiger charge is -2.16. The number of pyridine rings is 1. The van der Waals surface area contributed by atoms with Crippen LogP contribution in [0, 0.1) is 12.8 Å². The van der Waals surface area contributed by atoms with Crippen LogP contribution in [0.15, 0.2) is 24.5 Å². The zero-order valence-electron chi connectivity index (χ0n) is 11.7. The number of carbonyl (C=O) groups is 2. The largest absolute Gasteiger partial charge is 0.351 e. The molecule has 0 unspecified atom stereocenters. The first-order chi connectivity index (χ1) is 10.1. The molecule has 2 fully saturated rings. The van der Waals surface area contributed by atoms with E-state index in [4.69, 9.17) is 0 Å². The Bertz CT molecular complexity index is 735. The van der Waals surface area contributed by atoms with E-state index >= 15 is 0 Å². The summed E-state index contributed by atoms with van der Waals surface area (Å²) < 4.78 is 1.74. The third-order valence-electron chi connectivity index (χ3n) is 4.50. The molecule has 0 bridgehead atoms. The van der Waals surface area contributed by atoms with Gasteiger partial charge in [0.1, 0.15) is 0 Å². The molecule has 6 heteroatoms. The highest BCUT2D eigenvalue weighted by Crippen LogP contribution is 2.27. The van der Waals surface area contributed by atoms with Crippen molar-refractivity contribution in [1.29, 1.82) is 0 Å². The zero-order chi connectivity index (χ0) is 14.6. The molecule has 2 atom stereocenters. The average Bonchev–Trinajstić information content (AvgIpc) is 3.10. The Kier molecular flexibility index (Phi) is 2.54. The van der Waals surface area contributed by atoms with Gasteiger partial charge in [-0.15, -0.1) is 0 Å². The summed E-state index contributed by atoms with van der Waals surface area (Å²) in [5.74, 6) is 0.358. The molecule has 0 spiro atoms. The first kappa shape index (κ1) is 12.4. The Hall–Kier alpha value is -2.37. The second-order valence-electron chi connectivity index (χ2n) is 5.89. The Morgan fingerprint density at radius 2 is 2.29 bits per heavy atom. The summed E-state index contributed by atoms with van der Waals surface area (Å²) in [6.45, 7) is 3.22. The average molecular weight is 284 g/mol. The van der Waals surface area contributed by atoms with Gasteiger partial charge in [-0.1, -0.05) is 6.07 Å². The molecule has 2 saturated heterocycles. The van der Waals surface area contributed by atoms with E-state index in [1.807, 2.05) is 30.2 Å². The quantitative estimate of drug-likeness (QED) is 0.834. The maximum absolute atomic E-state index is 12.7. The van der Waals surface area contributed by atoms with E-state index in [9.17, 15) is 9.59 Å². The van der Waals surface area contributed by atoms with Crippen molar-refractivity contribution in [3.05, 3.63) is 35.7 Å². The minimum Gasteiger partial charge on any atom is -0.351 e. The number of hydrogen-bond acceptors (Lipinski definition) is 3. The first-order valence-corrected chi connectivity index (χ1v) is 7.15. The molecule has 0 radical (unpaired) electrons. The summed E-state index contributed by atoms with van der Waals surface area (Å²) in [6.07, 6.45) is 4.01. The van der Waals surface area contributed by atoms with E-state index < -0.39 is 0 Å².